The van der Waals surface area contributed by atoms with Crippen LogP contribution >= 0.6 is 0 Å². The third kappa shape index (κ3) is 4.50. The first-order valence-electron chi connectivity index (χ1n) is 8.00. The number of amides is 2. The van der Waals surface area contributed by atoms with E-state index in [0.29, 0.717) is 11.1 Å². The summed E-state index contributed by atoms with van der Waals surface area (Å²) in [5.74, 6) is -1.59. The summed E-state index contributed by atoms with van der Waals surface area (Å²) in [6, 6.07) is 11.0. The number of carbonyl (C=O) groups excluding carboxylic acids is 3. The van der Waals surface area contributed by atoms with Gasteiger partial charge in [-0.25, -0.2) is 0 Å². The van der Waals surface area contributed by atoms with Gasteiger partial charge in [-0.3, -0.25) is 19.4 Å². The van der Waals surface area contributed by atoms with Crippen LogP contribution in [0, 0.1) is 5.92 Å². The van der Waals surface area contributed by atoms with Crippen LogP contribution in [0.3, 0.4) is 0 Å². The molecule has 0 saturated heterocycles. The molecule has 0 spiro atoms. The molecule has 0 unspecified atom stereocenters. The van der Waals surface area contributed by atoms with Crippen LogP contribution in [0.5, 0.6) is 0 Å². The van der Waals surface area contributed by atoms with Crippen molar-refractivity contribution in [1.82, 2.24) is 9.88 Å². The largest absolute Gasteiger partial charge is 0.368 e. The summed E-state index contributed by atoms with van der Waals surface area (Å²) in [7, 11) is 0. The molecule has 0 aliphatic carbocycles. The van der Waals surface area contributed by atoms with Gasteiger partial charge in [-0.05, 0) is 18.1 Å². The van der Waals surface area contributed by atoms with E-state index < -0.39 is 17.9 Å². The number of nitrogens with two attached hydrogens (primary N) is 1. The molecule has 1 aromatic carbocycles. The average Bonchev–Trinajstić information content (AvgIpc) is 2.61. The number of benzene rings is 1. The number of Topliss-reactive ketones (excluding diaryl/α,β-unsaturated/α-hetero) is 1. The molecule has 130 valence electrons. The van der Waals surface area contributed by atoms with Crippen LogP contribution in [0.25, 0.3) is 0 Å². The molecule has 0 fully saturated rings. The summed E-state index contributed by atoms with van der Waals surface area (Å²) in [4.78, 5) is 42.6. The lowest BCUT2D eigenvalue weighted by Gasteiger charge is -2.31. The Morgan fingerprint density at radius 3 is 2.20 bits per heavy atom. The zero-order chi connectivity index (χ0) is 18.4. The Bertz CT molecular complexity index is 745. The van der Waals surface area contributed by atoms with E-state index in [1.807, 2.05) is 0 Å². The Kier molecular flexibility index (Phi) is 6.00. The zero-order valence-corrected chi connectivity index (χ0v) is 14.3. The Morgan fingerprint density at radius 1 is 1.04 bits per heavy atom. The summed E-state index contributed by atoms with van der Waals surface area (Å²) < 4.78 is 0. The Morgan fingerprint density at radius 2 is 1.68 bits per heavy atom. The monoisotopic (exact) mass is 339 g/mol. The summed E-state index contributed by atoms with van der Waals surface area (Å²) in [6.07, 6.45) is 2.95. The number of nitrogens with zero attached hydrogens (tertiary/aromatic N) is 2. The van der Waals surface area contributed by atoms with Crippen molar-refractivity contribution in [2.75, 3.05) is 6.54 Å². The maximum atomic E-state index is 12.9. The van der Waals surface area contributed by atoms with Crippen molar-refractivity contribution in [3.05, 3.63) is 66.0 Å². The maximum absolute atomic E-state index is 12.9. The molecule has 2 aromatic rings. The Labute approximate surface area is 146 Å². The maximum Gasteiger partial charge on any atom is 0.256 e. The van der Waals surface area contributed by atoms with Gasteiger partial charge in [0.25, 0.3) is 5.91 Å². The van der Waals surface area contributed by atoms with Crippen LogP contribution < -0.4 is 5.73 Å². The molecule has 2 rings (SSSR count). The van der Waals surface area contributed by atoms with E-state index in [0.717, 1.165) is 0 Å². The number of hydrogen-bond donors (Lipinski definition) is 1. The van der Waals surface area contributed by atoms with Gasteiger partial charge in [0.15, 0.2) is 5.78 Å². The molecule has 6 heteroatoms. The molecule has 0 saturated carbocycles. The smallest absolute Gasteiger partial charge is 0.256 e. The quantitative estimate of drug-likeness (QED) is 0.780. The van der Waals surface area contributed by atoms with E-state index >= 15 is 0 Å². The molecule has 1 heterocycles. The minimum Gasteiger partial charge on any atom is -0.368 e. The molecule has 25 heavy (non-hydrogen) atoms. The SMILES string of the molecule is CC(C)[C@H](C(N)=O)N(CC(=O)c1ccccc1)C(=O)c1cccnc1. The molecule has 1 aromatic heterocycles. The van der Waals surface area contributed by atoms with E-state index in [2.05, 4.69) is 4.98 Å². The predicted octanol–water partition coefficient (Wildman–Crippen LogP) is 1.92. The number of primary amides is 1. The third-order valence-electron chi connectivity index (χ3n) is 3.84. The molecule has 0 radical (unpaired) electrons. The standard InChI is InChI=1S/C19H21N3O3/c1-13(2)17(18(20)24)22(19(25)15-9-6-10-21-11-15)12-16(23)14-7-4-3-5-8-14/h3-11,13,17H,12H2,1-2H3,(H2,20,24)/t17-/m1/s1. The number of aromatic nitrogens is 1. The number of hydrogen-bond acceptors (Lipinski definition) is 4. The van der Waals surface area contributed by atoms with Gasteiger partial charge in [-0.2, -0.15) is 0 Å². The first kappa shape index (κ1) is 18.3. The van der Waals surface area contributed by atoms with Crippen LogP contribution in [-0.4, -0.2) is 40.1 Å². The lowest BCUT2D eigenvalue weighted by Crippen LogP contribution is -2.52. The Hall–Kier alpha value is -3.02. The van der Waals surface area contributed by atoms with Gasteiger partial charge in [0.2, 0.25) is 5.91 Å². The second-order valence-electron chi connectivity index (χ2n) is 6.06. The first-order valence-corrected chi connectivity index (χ1v) is 8.00. The molecule has 1 atom stereocenters. The predicted molar refractivity (Wildman–Crippen MR) is 93.9 cm³/mol. The minimum atomic E-state index is -0.889. The van der Waals surface area contributed by atoms with E-state index in [1.165, 1.54) is 11.1 Å². The van der Waals surface area contributed by atoms with Gasteiger partial charge < -0.3 is 10.6 Å². The zero-order valence-electron chi connectivity index (χ0n) is 14.3. The third-order valence-corrected chi connectivity index (χ3v) is 3.84. The molecule has 2 N–H and O–H groups in total. The molecular formula is C19H21N3O3. The lowest BCUT2D eigenvalue weighted by molar-refractivity contribution is -0.123. The normalized spacial score (nSPS) is 11.8. The van der Waals surface area contributed by atoms with Gasteiger partial charge in [-0.1, -0.05) is 44.2 Å². The van der Waals surface area contributed by atoms with E-state index in [1.54, 1.807) is 62.5 Å². The van der Waals surface area contributed by atoms with E-state index in [4.69, 9.17) is 5.73 Å². The fraction of sp³-hybridized carbons (Fsp3) is 0.263. The van der Waals surface area contributed by atoms with Crippen molar-refractivity contribution < 1.29 is 14.4 Å². The second-order valence-corrected chi connectivity index (χ2v) is 6.06. The number of pyridine rings is 1. The molecule has 2 amide bonds. The average molecular weight is 339 g/mol. The molecular weight excluding hydrogens is 318 g/mol. The van der Waals surface area contributed by atoms with Crippen molar-refractivity contribution >= 4 is 17.6 Å². The first-order chi connectivity index (χ1) is 11.9. The van der Waals surface area contributed by atoms with Gasteiger partial charge >= 0.3 is 0 Å². The molecule has 0 bridgehead atoms. The number of rotatable bonds is 7. The lowest BCUT2D eigenvalue weighted by atomic mass is 9.99. The topological polar surface area (TPSA) is 93.4 Å². The van der Waals surface area contributed by atoms with Crippen molar-refractivity contribution in [1.29, 1.82) is 0 Å². The van der Waals surface area contributed by atoms with Crippen molar-refractivity contribution in [2.45, 2.75) is 19.9 Å². The van der Waals surface area contributed by atoms with Crippen LogP contribution in [0.15, 0.2) is 54.9 Å². The highest BCUT2D eigenvalue weighted by Gasteiger charge is 2.33. The van der Waals surface area contributed by atoms with Gasteiger partial charge in [0, 0.05) is 18.0 Å². The fourth-order valence-electron chi connectivity index (χ4n) is 2.66. The van der Waals surface area contributed by atoms with Crippen LogP contribution in [0.1, 0.15) is 34.6 Å². The summed E-state index contributed by atoms with van der Waals surface area (Å²) in [5, 5.41) is 0. The van der Waals surface area contributed by atoms with E-state index in [-0.39, 0.29) is 18.2 Å². The summed E-state index contributed by atoms with van der Waals surface area (Å²) in [6.45, 7) is 3.33. The molecule has 0 aliphatic rings. The van der Waals surface area contributed by atoms with Crippen LogP contribution in [0.2, 0.25) is 0 Å². The fourth-order valence-corrected chi connectivity index (χ4v) is 2.66. The van der Waals surface area contributed by atoms with Gasteiger partial charge in [0.05, 0.1) is 12.1 Å². The van der Waals surface area contributed by atoms with Crippen molar-refractivity contribution in [2.24, 2.45) is 11.7 Å². The molecule has 0 aliphatic heterocycles. The highest BCUT2D eigenvalue weighted by atomic mass is 16.2. The van der Waals surface area contributed by atoms with Crippen LogP contribution in [-0.2, 0) is 4.79 Å². The van der Waals surface area contributed by atoms with Crippen molar-refractivity contribution in [3.8, 4) is 0 Å². The van der Waals surface area contributed by atoms with Gasteiger partial charge in [-0.15, -0.1) is 0 Å². The minimum absolute atomic E-state index is 0.233. The highest BCUT2D eigenvalue weighted by Crippen LogP contribution is 2.16. The number of ketones is 1. The van der Waals surface area contributed by atoms with Crippen molar-refractivity contribution in [3.63, 3.8) is 0 Å². The Balaban J connectivity index is 2.36. The van der Waals surface area contributed by atoms with E-state index in [9.17, 15) is 14.4 Å². The van der Waals surface area contributed by atoms with Crippen LogP contribution in [0.4, 0.5) is 0 Å². The molecule has 6 nitrogen and oxygen atoms in total. The summed E-state index contributed by atoms with van der Waals surface area (Å²) in [5.41, 5.74) is 6.28. The number of carbonyl (C=O) groups is 3. The highest BCUT2D eigenvalue weighted by molar-refractivity contribution is 6.03. The second kappa shape index (κ2) is 8.19. The van der Waals surface area contributed by atoms with Gasteiger partial charge in [0.1, 0.15) is 6.04 Å². The summed E-state index contributed by atoms with van der Waals surface area (Å²) >= 11 is 0.